The fourth-order valence-corrected chi connectivity index (χ4v) is 8.64. The Hall–Kier alpha value is -5.08. The van der Waals surface area contributed by atoms with Crippen molar-refractivity contribution in [3.05, 3.63) is 150 Å². The Kier molecular flexibility index (Phi) is 5.68. The lowest BCUT2D eigenvalue weighted by molar-refractivity contribution is 0.301. The average Bonchev–Trinajstić information content (AvgIpc) is 3.56. The van der Waals surface area contributed by atoms with Crippen molar-refractivity contribution >= 4 is 39.0 Å². The fourth-order valence-electron chi connectivity index (χ4n) is 8.64. The Labute approximate surface area is 277 Å². The van der Waals surface area contributed by atoms with Crippen LogP contribution in [0.15, 0.2) is 132 Å². The molecule has 0 unspecified atom stereocenters. The highest BCUT2D eigenvalue weighted by molar-refractivity contribution is 6.11. The molecular weight excluding hydrogens is 571 g/mol. The van der Waals surface area contributed by atoms with Gasteiger partial charge in [0.1, 0.15) is 11.2 Å². The van der Waals surface area contributed by atoms with Crippen LogP contribution in [0.2, 0.25) is 0 Å². The first kappa shape index (κ1) is 28.2. The zero-order chi connectivity index (χ0) is 32.3. The van der Waals surface area contributed by atoms with E-state index in [2.05, 4.69) is 174 Å². The van der Waals surface area contributed by atoms with Crippen LogP contribution in [0.3, 0.4) is 0 Å². The molecule has 1 heterocycles. The smallest absolute Gasteiger partial charge is 0.135 e. The summed E-state index contributed by atoms with van der Waals surface area (Å²) in [6.45, 7) is 14.3. The minimum atomic E-state index is -0.136. The Morgan fingerprint density at radius 3 is 1.79 bits per heavy atom. The normalized spacial score (nSPS) is 16.4. The third-order valence-electron chi connectivity index (χ3n) is 11.8. The quantitative estimate of drug-likeness (QED) is 0.198. The fraction of sp³-hybridized carbons (Fsp3) is 0.200. The highest BCUT2D eigenvalue weighted by atomic mass is 16.3. The van der Waals surface area contributed by atoms with Gasteiger partial charge in [-0.1, -0.05) is 120 Å². The van der Waals surface area contributed by atoms with E-state index in [1.807, 2.05) is 0 Å². The van der Waals surface area contributed by atoms with Gasteiger partial charge in [0, 0.05) is 38.7 Å². The van der Waals surface area contributed by atoms with Gasteiger partial charge in [-0.15, -0.1) is 0 Å². The molecule has 0 aliphatic heterocycles. The van der Waals surface area contributed by atoms with E-state index in [0.29, 0.717) is 0 Å². The third-order valence-corrected chi connectivity index (χ3v) is 11.8. The van der Waals surface area contributed by atoms with Gasteiger partial charge in [0.15, 0.2) is 0 Å². The maximum atomic E-state index is 6.62. The molecule has 0 bridgehead atoms. The van der Waals surface area contributed by atoms with E-state index < -0.39 is 0 Å². The molecule has 0 fully saturated rings. The van der Waals surface area contributed by atoms with Crippen molar-refractivity contribution in [2.24, 2.45) is 0 Å². The molecule has 2 aliphatic rings. The van der Waals surface area contributed by atoms with Crippen LogP contribution in [-0.4, -0.2) is 0 Å². The van der Waals surface area contributed by atoms with Gasteiger partial charge in [-0.2, -0.15) is 0 Å². The molecule has 0 spiro atoms. The van der Waals surface area contributed by atoms with Gasteiger partial charge in [0.2, 0.25) is 0 Å². The van der Waals surface area contributed by atoms with Gasteiger partial charge < -0.3 is 9.32 Å². The van der Waals surface area contributed by atoms with Crippen LogP contribution in [0.4, 0.5) is 17.1 Å². The predicted octanol–water partition coefficient (Wildman–Crippen LogP) is 12.6. The summed E-state index contributed by atoms with van der Waals surface area (Å²) >= 11 is 0. The van der Waals surface area contributed by atoms with Crippen molar-refractivity contribution in [3.63, 3.8) is 0 Å². The molecule has 7 aromatic rings. The summed E-state index contributed by atoms with van der Waals surface area (Å²) in [5.74, 6) is 0. The van der Waals surface area contributed by atoms with Crippen molar-refractivity contribution in [1.82, 2.24) is 0 Å². The number of rotatable bonds is 3. The van der Waals surface area contributed by atoms with E-state index in [1.54, 1.807) is 0 Å². The lowest BCUT2D eigenvalue weighted by Gasteiger charge is -2.48. The molecule has 47 heavy (non-hydrogen) atoms. The number of hydrogen-bond donors (Lipinski definition) is 0. The number of fused-ring (bicyclic) bond motifs is 10. The predicted molar refractivity (Wildman–Crippen MR) is 197 cm³/mol. The molecule has 0 N–H and O–H groups in total. The monoisotopic (exact) mass is 609 g/mol. The van der Waals surface area contributed by atoms with E-state index in [0.717, 1.165) is 33.6 Å². The maximum Gasteiger partial charge on any atom is 0.135 e. The van der Waals surface area contributed by atoms with Crippen molar-refractivity contribution < 1.29 is 4.42 Å². The van der Waals surface area contributed by atoms with Gasteiger partial charge in [-0.25, -0.2) is 0 Å². The minimum absolute atomic E-state index is 0.0725. The molecular formula is C45H39NO. The third kappa shape index (κ3) is 3.73. The van der Waals surface area contributed by atoms with Crippen molar-refractivity contribution in [2.75, 3.05) is 4.90 Å². The van der Waals surface area contributed by atoms with Crippen LogP contribution in [0.25, 0.3) is 44.2 Å². The Bertz CT molecular complexity index is 2390. The summed E-state index contributed by atoms with van der Waals surface area (Å²) in [6, 6.07) is 46.7. The topological polar surface area (TPSA) is 16.4 Å². The summed E-state index contributed by atoms with van der Waals surface area (Å²) in [6.07, 6.45) is 0. The summed E-state index contributed by atoms with van der Waals surface area (Å²) in [5.41, 5.74) is 15.8. The van der Waals surface area contributed by atoms with Crippen LogP contribution < -0.4 is 4.90 Å². The van der Waals surface area contributed by atoms with E-state index in [-0.39, 0.29) is 16.2 Å². The first-order valence-electron chi connectivity index (χ1n) is 16.8. The van der Waals surface area contributed by atoms with Gasteiger partial charge in [-0.05, 0) is 98.5 Å². The summed E-state index contributed by atoms with van der Waals surface area (Å²) in [7, 11) is 0. The molecule has 230 valence electrons. The summed E-state index contributed by atoms with van der Waals surface area (Å²) in [4.78, 5) is 2.40. The van der Waals surface area contributed by atoms with E-state index >= 15 is 0 Å². The van der Waals surface area contributed by atoms with Crippen molar-refractivity contribution in [1.29, 1.82) is 0 Å². The number of nitrogens with zero attached hydrogens (tertiary/aromatic N) is 1. The van der Waals surface area contributed by atoms with Gasteiger partial charge in [0.05, 0.1) is 0 Å². The standard InChI is InChI=1S/C45H39NO/c1-43(2)36-18-12-10-16-31(36)33-22-20-30(27-38(33)43)46(28-14-8-7-9-15-28)29-21-24-39-35(26-29)41-40(47-39)25-23-34-32-17-11-13-19-37(32)44(3,4)45(5,6)42(34)41/h7-27H,1-6H3. The zero-order valence-corrected chi connectivity index (χ0v) is 28.0. The lowest BCUT2D eigenvalue weighted by Crippen LogP contribution is -2.43. The van der Waals surface area contributed by atoms with Gasteiger partial charge in [-0.3, -0.25) is 0 Å². The van der Waals surface area contributed by atoms with Crippen molar-refractivity contribution in [3.8, 4) is 22.3 Å². The molecule has 0 amide bonds. The number of benzene rings is 6. The van der Waals surface area contributed by atoms with Gasteiger partial charge in [0.25, 0.3) is 0 Å². The highest BCUT2D eigenvalue weighted by Crippen LogP contribution is 2.57. The van der Waals surface area contributed by atoms with Crippen molar-refractivity contribution in [2.45, 2.75) is 57.8 Å². The SMILES string of the molecule is CC1(C)c2ccccc2-c2ccc(N(c3ccccc3)c3ccc4oc5ccc6c(c5c4c3)C(C)(C)C(C)(C)c3ccccc3-6)cc21. The second-order valence-electron chi connectivity index (χ2n) is 15.0. The molecule has 2 aliphatic carbocycles. The highest BCUT2D eigenvalue weighted by Gasteiger charge is 2.47. The summed E-state index contributed by atoms with van der Waals surface area (Å²) in [5, 5.41) is 2.39. The van der Waals surface area contributed by atoms with E-state index in [9.17, 15) is 0 Å². The van der Waals surface area contributed by atoms with Crippen LogP contribution in [0.5, 0.6) is 0 Å². The number of para-hydroxylation sites is 1. The molecule has 2 nitrogen and oxygen atoms in total. The molecule has 1 aromatic heterocycles. The van der Waals surface area contributed by atoms with E-state index in [4.69, 9.17) is 4.42 Å². The molecule has 0 saturated carbocycles. The largest absolute Gasteiger partial charge is 0.456 e. The number of anilines is 3. The Morgan fingerprint density at radius 1 is 0.447 bits per heavy atom. The molecule has 9 rings (SSSR count). The lowest BCUT2D eigenvalue weighted by atomic mass is 9.55. The number of furan rings is 1. The summed E-state index contributed by atoms with van der Waals surface area (Å²) < 4.78 is 6.62. The molecule has 0 saturated heterocycles. The second kappa shape index (κ2) is 9.48. The second-order valence-corrected chi connectivity index (χ2v) is 15.0. The van der Waals surface area contributed by atoms with Gasteiger partial charge >= 0.3 is 0 Å². The molecule has 0 radical (unpaired) electrons. The Morgan fingerprint density at radius 2 is 1.02 bits per heavy atom. The van der Waals surface area contributed by atoms with Crippen LogP contribution in [0, 0.1) is 0 Å². The van der Waals surface area contributed by atoms with E-state index in [1.165, 1.54) is 49.9 Å². The van der Waals surface area contributed by atoms with Crippen LogP contribution in [0.1, 0.15) is 63.8 Å². The molecule has 2 heteroatoms. The minimum Gasteiger partial charge on any atom is -0.456 e. The van der Waals surface area contributed by atoms with Crippen LogP contribution in [-0.2, 0) is 16.2 Å². The average molecular weight is 610 g/mol. The molecule has 6 aromatic carbocycles. The van der Waals surface area contributed by atoms with Crippen LogP contribution >= 0.6 is 0 Å². The number of hydrogen-bond acceptors (Lipinski definition) is 2. The first-order chi connectivity index (χ1) is 22.6. The maximum absolute atomic E-state index is 6.62. The Balaban J connectivity index is 1.29. The first-order valence-corrected chi connectivity index (χ1v) is 16.8. The zero-order valence-electron chi connectivity index (χ0n) is 28.0. The molecule has 0 atom stereocenters.